The molecule has 0 spiro atoms. The second kappa shape index (κ2) is 7.26. The molecule has 1 N–H and O–H groups in total. The van der Waals surface area contributed by atoms with Crippen LogP contribution in [0.2, 0.25) is 0 Å². The maximum Gasteiger partial charge on any atom is 0.306 e. The van der Waals surface area contributed by atoms with Crippen LogP contribution in [0, 0.1) is 11.3 Å². The van der Waals surface area contributed by atoms with E-state index in [0.717, 1.165) is 0 Å². The summed E-state index contributed by atoms with van der Waals surface area (Å²) in [6.45, 7) is 1.87. The summed E-state index contributed by atoms with van der Waals surface area (Å²) in [5.41, 5.74) is 0.721. The summed E-state index contributed by atoms with van der Waals surface area (Å²) < 4.78 is 31.1. The average Bonchev–Trinajstić information content (AvgIpc) is 2.39. The van der Waals surface area contributed by atoms with Gasteiger partial charge in [-0.15, -0.1) is 0 Å². The van der Waals surface area contributed by atoms with Gasteiger partial charge in [-0.3, -0.25) is 9.52 Å². The predicted molar refractivity (Wildman–Crippen MR) is 77.5 cm³/mol. The van der Waals surface area contributed by atoms with Crippen LogP contribution in [0.1, 0.15) is 18.9 Å². The summed E-state index contributed by atoms with van der Waals surface area (Å²) in [6, 6.07) is 6.42. The number of sulfonamides is 1. The molecule has 0 aliphatic carbocycles. The molecular weight excluding hydrogens is 348 g/mol. The van der Waals surface area contributed by atoms with E-state index in [9.17, 15) is 13.2 Å². The molecule has 0 saturated heterocycles. The number of nitrogens with one attached hydrogen (secondary N) is 1. The van der Waals surface area contributed by atoms with Gasteiger partial charge >= 0.3 is 5.97 Å². The minimum absolute atomic E-state index is 0.211. The maximum atomic E-state index is 11.8. The van der Waals surface area contributed by atoms with Crippen molar-refractivity contribution >= 4 is 37.6 Å². The Morgan fingerprint density at radius 3 is 2.75 bits per heavy atom. The van der Waals surface area contributed by atoms with Crippen LogP contribution in [0.3, 0.4) is 0 Å². The molecule has 8 heteroatoms. The van der Waals surface area contributed by atoms with Gasteiger partial charge in [0.1, 0.15) is 0 Å². The molecule has 0 amide bonds. The van der Waals surface area contributed by atoms with E-state index in [4.69, 9.17) is 5.26 Å². The molecular formula is C12H13BrN2O4S. The molecule has 1 aromatic carbocycles. The normalized spacial score (nSPS) is 10.7. The number of nitrogens with zero attached hydrogens (tertiary/aromatic N) is 1. The van der Waals surface area contributed by atoms with Crippen LogP contribution < -0.4 is 4.72 Å². The molecule has 0 atom stereocenters. The topological polar surface area (TPSA) is 96.3 Å². The highest BCUT2D eigenvalue weighted by Gasteiger charge is 2.15. The fourth-order valence-corrected chi connectivity index (χ4v) is 3.00. The molecule has 0 radical (unpaired) electrons. The Bertz CT molecular complexity index is 637. The zero-order valence-corrected chi connectivity index (χ0v) is 13.1. The summed E-state index contributed by atoms with van der Waals surface area (Å²) in [6.07, 6.45) is -0.211. The first-order valence-corrected chi connectivity index (χ1v) is 8.18. The SMILES string of the molecule is CCOC(=O)CCS(=O)(=O)Nc1ccc(C#N)cc1Br. The van der Waals surface area contributed by atoms with E-state index in [2.05, 4.69) is 25.4 Å². The third kappa shape index (κ3) is 5.19. The Labute approximate surface area is 125 Å². The standard InChI is InChI=1S/C12H13BrN2O4S/c1-2-19-12(16)5-6-20(17,18)15-11-4-3-9(8-14)7-10(11)13/h3-4,7,15H,2,5-6H2,1H3. The van der Waals surface area contributed by atoms with Crippen molar-refractivity contribution in [3.63, 3.8) is 0 Å². The van der Waals surface area contributed by atoms with Gasteiger partial charge in [0.15, 0.2) is 0 Å². The van der Waals surface area contributed by atoms with Crippen LogP contribution in [0.15, 0.2) is 22.7 Å². The number of benzene rings is 1. The first-order valence-electron chi connectivity index (χ1n) is 5.73. The maximum absolute atomic E-state index is 11.8. The monoisotopic (exact) mass is 360 g/mol. The van der Waals surface area contributed by atoms with Gasteiger partial charge in [0.25, 0.3) is 0 Å². The highest BCUT2D eigenvalue weighted by atomic mass is 79.9. The molecule has 6 nitrogen and oxygen atoms in total. The summed E-state index contributed by atoms with van der Waals surface area (Å²) in [5.74, 6) is -0.921. The first kappa shape index (κ1) is 16.5. The Hall–Kier alpha value is -1.59. The quantitative estimate of drug-likeness (QED) is 0.782. The van der Waals surface area contributed by atoms with E-state index in [0.29, 0.717) is 15.7 Å². The van der Waals surface area contributed by atoms with Crippen molar-refractivity contribution < 1.29 is 17.9 Å². The summed E-state index contributed by atoms with van der Waals surface area (Å²) in [5, 5.41) is 8.72. The summed E-state index contributed by atoms with van der Waals surface area (Å²) >= 11 is 3.18. The lowest BCUT2D eigenvalue weighted by molar-refractivity contribution is -0.142. The van der Waals surface area contributed by atoms with Gasteiger partial charge in [-0.1, -0.05) is 0 Å². The largest absolute Gasteiger partial charge is 0.466 e. The number of rotatable bonds is 6. The number of carbonyl (C=O) groups excluding carboxylic acids is 1. The van der Waals surface area contributed by atoms with Crippen molar-refractivity contribution in [3.05, 3.63) is 28.2 Å². The van der Waals surface area contributed by atoms with E-state index >= 15 is 0 Å². The smallest absolute Gasteiger partial charge is 0.306 e. The minimum atomic E-state index is -3.65. The first-order chi connectivity index (χ1) is 9.38. The second-order valence-corrected chi connectivity index (χ2v) is 6.48. The fourth-order valence-electron chi connectivity index (χ4n) is 1.34. The number of esters is 1. The van der Waals surface area contributed by atoms with Crippen LogP contribution in [0.4, 0.5) is 5.69 Å². The number of hydrogen-bond donors (Lipinski definition) is 1. The fraction of sp³-hybridized carbons (Fsp3) is 0.333. The van der Waals surface area contributed by atoms with E-state index in [-0.39, 0.29) is 18.8 Å². The molecule has 0 bridgehead atoms. The third-order valence-corrected chi connectivity index (χ3v) is 4.17. The van der Waals surface area contributed by atoms with Crippen LogP contribution in [0.5, 0.6) is 0 Å². The molecule has 0 heterocycles. The number of anilines is 1. The lowest BCUT2D eigenvalue weighted by Crippen LogP contribution is -2.20. The zero-order valence-electron chi connectivity index (χ0n) is 10.7. The van der Waals surface area contributed by atoms with Crippen molar-refractivity contribution in [1.82, 2.24) is 0 Å². The lowest BCUT2D eigenvalue weighted by atomic mass is 10.2. The van der Waals surface area contributed by atoms with Crippen LogP contribution >= 0.6 is 15.9 Å². The minimum Gasteiger partial charge on any atom is -0.466 e. The number of nitriles is 1. The molecule has 0 fully saturated rings. The number of hydrogen-bond acceptors (Lipinski definition) is 5. The molecule has 1 rings (SSSR count). The average molecular weight is 361 g/mol. The molecule has 0 saturated carbocycles. The second-order valence-electron chi connectivity index (χ2n) is 3.78. The van der Waals surface area contributed by atoms with Crippen molar-refractivity contribution in [1.29, 1.82) is 5.26 Å². The van der Waals surface area contributed by atoms with Crippen molar-refractivity contribution in [2.24, 2.45) is 0 Å². The van der Waals surface area contributed by atoms with Gasteiger partial charge in [-0.05, 0) is 41.1 Å². The predicted octanol–water partition coefficient (Wildman–Crippen LogP) is 2.02. The Balaban J connectivity index is 2.72. The van der Waals surface area contributed by atoms with Crippen LogP contribution in [0.25, 0.3) is 0 Å². The van der Waals surface area contributed by atoms with Gasteiger partial charge in [-0.25, -0.2) is 8.42 Å². The molecule has 1 aromatic rings. The molecule has 0 unspecified atom stereocenters. The Kier molecular flexibility index (Phi) is 5.98. The lowest BCUT2D eigenvalue weighted by Gasteiger charge is -2.09. The highest BCUT2D eigenvalue weighted by molar-refractivity contribution is 9.10. The Morgan fingerprint density at radius 2 is 2.20 bits per heavy atom. The third-order valence-electron chi connectivity index (χ3n) is 2.24. The van der Waals surface area contributed by atoms with E-state index < -0.39 is 16.0 Å². The van der Waals surface area contributed by atoms with Crippen LogP contribution in [-0.4, -0.2) is 26.7 Å². The van der Waals surface area contributed by atoms with E-state index in [1.807, 2.05) is 6.07 Å². The van der Waals surface area contributed by atoms with Crippen molar-refractivity contribution in [2.45, 2.75) is 13.3 Å². The molecule has 0 aliphatic heterocycles. The number of carbonyl (C=O) groups is 1. The Morgan fingerprint density at radius 1 is 1.50 bits per heavy atom. The van der Waals surface area contributed by atoms with Gasteiger partial charge in [-0.2, -0.15) is 5.26 Å². The van der Waals surface area contributed by atoms with E-state index in [1.165, 1.54) is 18.2 Å². The van der Waals surface area contributed by atoms with Gasteiger partial charge in [0.05, 0.1) is 36.1 Å². The molecule has 108 valence electrons. The molecule has 0 aromatic heterocycles. The van der Waals surface area contributed by atoms with Crippen molar-refractivity contribution in [2.75, 3.05) is 17.1 Å². The molecule has 20 heavy (non-hydrogen) atoms. The van der Waals surface area contributed by atoms with Crippen molar-refractivity contribution in [3.8, 4) is 6.07 Å². The summed E-state index contributed by atoms with van der Waals surface area (Å²) in [7, 11) is -3.65. The van der Waals surface area contributed by atoms with Crippen LogP contribution in [-0.2, 0) is 19.6 Å². The summed E-state index contributed by atoms with van der Waals surface area (Å²) in [4.78, 5) is 11.1. The van der Waals surface area contributed by atoms with Gasteiger partial charge in [0, 0.05) is 4.47 Å². The molecule has 0 aliphatic rings. The van der Waals surface area contributed by atoms with Gasteiger partial charge < -0.3 is 4.74 Å². The van der Waals surface area contributed by atoms with E-state index in [1.54, 1.807) is 6.92 Å². The zero-order chi connectivity index (χ0) is 15.2. The van der Waals surface area contributed by atoms with Gasteiger partial charge in [0.2, 0.25) is 10.0 Å². The number of ether oxygens (including phenoxy) is 1. The number of halogens is 1. The highest BCUT2D eigenvalue weighted by Crippen LogP contribution is 2.24.